The lowest BCUT2D eigenvalue weighted by atomic mass is 10.2. The highest BCUT2D eigenvalue weighted by molar-refractivity contribution is 5.73. The van der Waals surface area contributed by atoms with E-state index in [1.807, 2.05) is 49.5 Å². The Balaban J connectivity index is 2.05. The first-order valence-corrected chi connectivity index (χ1v) is 6.40. The SMILES string of the molecule is CCc1nc2c(=O)n(Cc3ccccc3)ccc2[nH]1. The average Bonchev–Trinajstić information content (AvgIpc) is 2.87. The molecular formula is C15H15N3O. The van der Waals surface area contributed by atoms with Crippen molar-refractivity contribution in [2.24, 2.45) is 0 Å². The van der Waals surface area contributed by atoms with Crippen LogP contribution in [0.4, 0.5) is 0 Å². The van der Waals surface area contributed by atoms with Gasteiger partial charge in [0.1, 0.15) is 5.82 Å². The highest BCUT2D eigenvalue weighted by Gasteiger charge is 2.07. The molecule has 0 aliphatic rings. The van der Waals surface area contributed by atoms with Crippen molar-refractivity contribution in [1.82, 2.24) is 14.5 Å². The third kappa shape index (κ3) is 2.17. The maximum atomic E-state index is 12.3. The van der Waals surface area contributed by atoms with E-state index in [-0.39, 0.29) is 5.56 Å². The molecule has 0 fully saturated rings. The zero-order chi connectivity index (χ0) is 13.2. The molecule has 0 spiro atoms. The van der Waals surface area contributed by atoms with Gasteiger partial charge in [-0.15, -0.1) is 0 Å². The van der Waals surface area contributed by atoms with Gasteiger partial charge in [0.15, 0.2) is 5.52 Å². The Kier molecular flexibility index (Phi) is 2.91. The number of aryl methyl sites for hydroxylation is 1. The second-order valence-electron chi connectivity index (χ2n) is 4.53. The maximum Gasteiger partial charge on any atom is 0.278 e. The van der Waals surface area contributed by atoms with Gasteiger partial charge in [-0.3, -0.25) is 4.79 Å². The topological polar surface area (TPSA) is 50.7 Å². The lowest BCUT2D eigenvalue weighted by Gasteiger charge is -2.05. The van der Waals surface area contributed by atoms with Crippen LogP contribution >= 0.6 is 0 Å². The Hall–Kier alpha value is -2.36. The van der Waals surface area contributed by atoms with E-state index >= 15 is 0 Å². The summed E-state index contributed by atoms with van der Waals surface area (Å²) < 4.78 is 1.69. The van der Waals surface area contributed by atoms with Gasteiger partial charge >= 0.3 is 0 Å². The first-order valence-electron chi connectivity index (χ1n) is 6.40. The lowest BCUT2D eigenvalue weighted by Crippen LogP contribution is -2.20. The molecule has 0 radical (unpaired) electrons. The summed E-state index contributed by atoms with van der Waals surface area (Å²) in [6.07, 6.45) is 2.61. The molecule has 3 aromatic rings. The van der Waals surface area contributed by atoms with Crippen molar-refractivity contribution in [3.63, 3.8) is 0 Å². The summed E-state index contributed by atoms with van der Waals surface area (Å²) in [6.45, 7) is 2.59. The standard InChI is InChI=1S/C15H15N3O/c1-2-13-16-12-8-9-18(15(19)14(12)17-13)10-11-6-4-3-5-7-11/h3-9H,2,10H2,1H3,(H,16,17). The molecule has 2 aromatic heterocycles. The normalized spacial score (nSPS) is 11.0. The molecule has 0 aliphatic carbocycles. The van der Waals surface area contributed by atoms with E-state index in [1.165, 1.54) is 0 Å². The predicted octanol–water partition coefficient (Wildman–Crippen LogP) is 2.34. The minimum absolute atomic E-state index is 0.0442. The van der Waals surface area contributed by atoms with E-state index in [0.717, 1.165) is 23.3 Å². The largest absolute Gasteiger partial charge is 0.342 e. The molecule has 1 N–H and O–H groups in total. The Morgan fingerprint density at radius 1 is 1.21 bits per heavy atom. The van der Waals surface area contributed by atoms with Crippen LogP contribution in [0.5, 0.6) is 0 Å². The summed E-state index contributed by atoms with van der Waals surface area (Å²) in [5.74, 6) is 0.851. The molecule has 0 saturated heterocycles. The van der Waals surface area contributed by atoms with Crippen molar-refractivity contribution in [3.05, 3.63) is 64.3 Å². The number of benzene rings is 1. The number of pyridine rings is 1. The Labute approximate surface area is 110 Å². The minimum Gasteiger partial charge on any atom is -0.342 e. The molecule has 96 valence electrons. The van der Waals surface area contributed by atoms with Gasteiger partial charge < -0.3 is 9.55 Å². The molecule has 4 heteroatoms. The second kappa shape index (κ2) is 4.72. The number of rotatable bonds is 3. The fourth-order valence-electron chi connectivity index (χ4n) is 2.16. The van der Waals surface area contributed by atoms with Gasteiger partial charge in [-0.25, -0.2) is 4.98 Å². The molecule has 2 heterocycles. The van der Waals surface area contributed by atoms with Gasteiger partial charge in [-0.2, -0.15) is 0 Å². The van der Waals surface area contributed by atoms with Crippen LogP contribution in [-0.2, 0) is 13.0 Å². The van der Waals surface area contributed by atoms with Crippen molar-refractivity contribution in [3.8, 4) is 0 Å². The van der Waals surface area contributed by atoms with E-state index in [4.69, 9.17) is 0 Å². The van der Waals surface area contributed by atoms with Crippen LogP contribution in [0.1, 0.15) is 18.3 Å². The highest BCUT2D eigenvalue weighted by Crippen LogP contribution is 2.08. The van der Waals surface area contributed by atoms with E-state index in [9.17, 15) is 4.79 Å². The monoisotopic (exact) mass is 253 g/mol. The zero-order valence-electron chi connectivity index (χ0n) is 10.8. The van der Waals surface area contributed by atoms with Crippen molar-refractivity contribution in [2.75, 3.05) is 0 Å². The van der Waals surface area contributed by atoms with Crippen LogP contribution < -0.4 is 5.56 Å². The van der Waals surface area contributed by atoms with E-state index < -0.39 is 0 Å². The van der Waals surface area contributed by atoms with Gasteiger partial charge in [0.05, 0.1) is 12.1 Å². The Morgan fingerprint density at radius 2 is 2.00 bits per heavy atom. The number of hydrogen-bond acceptors (Lipinski definition) is 2. The smallest absolute Gasteiger partial charge is 0.278 e. The average molecular weight is 253 g/mol. The number of imidazole rings is 1. The summed E-state index contributed by atoms with van der Waals surface area (Å²) in [5.41, 5.74) is 2.40. The molecule has 19 heavy (non-hydrogen) atoms. The molecule has 0 atom stereocenters. The minimum atomic E-state index is -0.0442. The quantitative estimate of drug-likeness (QED) is 0.779. The Bertz CT molecular complexity index is 756. The summed E-state index contributed by atoms with van der Waals surface area (Å²) in [7, 11) is 0. The predicted molar refractivity (Wildman–Crippen MR) is 75.3 cm³/mol. The van der Waals surface area contributed by atoms with E-state index in [0.29, 0.717) is 12.1 Å². The summed E-state index contributed by atoms with van der Waals surface area (Å²) in [5, 5.41) is 0. The zero-order valence-corrected chi connectivity index (χ0v) is 10.8. The molecule has 0 unspecified atom stereocenters. The van der Waals surface area contributed by atoms with E-state index in [2.05, 4.69) is 9.97 Å². The molecule has 0 saturated carbocycles. The molecule has 0 bridgehead atoms. The van der Waals surface area contributed by atoms with E-state index in [1.54, 1.807) is 4.57 Å². The number of nitrogens with one attached hydrogen (secondary N) is 1. The van der Waals surface area contributed by atoms with Crippen molar-refractivity contribution >= 4 is 11.0 Å². The van der Waals surface area contributed by atoms with Crippen LogP contribution in [0.25, 0.3) is 11.0 Å². The van der Waals surface area contributed by atoms with Gasteiger partial charge in [-0.05, 0) is 11.6 Å². The molecule has 4 nitrogen and oxygen atoms in total. The molecule has 1 aromatic carbocycles. The van der Waals surface area contributed by atoms with Gasteiger partial charge in [-0.1, -0.05) is 37.3 Å². The first-order chi connectivity index (χ1) is 9.28. The first kappa shape index (κ1) is 11.7. The fourth-order valence-corrected chi connectivity index (χ4v) is 2.16. The number of fused-ring (bicyclic) bond motifs is 1. The van der Waals surface area contributed by atoms with Crippen molar-refractivity contribution < 1.29 is 0 Å². The summed E-state index contributed by atoms with van der Waals surface area (Å²) in [6, 6.07) is 11.9. The number of aromatic nitrogens is 3. The highest BCUT2D eigenvalue weighted by atomic mass is 16.1. The van der Waals surface area contributed by atoms with Gasteiger partial charge in [0, 0.05) is 12.6 Å². The number of aromatic amines is 1. The van der Waals surface area contributed by atoms with Crippen molar-refractivity contribution in [1.29, 1.82) is 0 Å². The number of nitrogens with zero attached hydrogens (tertiary/aromatic N) is 2. The van der Waals surface area contributed by atoms with Gasteiger partial charge in [0.25, 0.3) is 5.56 Å². The second-order valence-corrected chi connectivity index (χ2v) is 4.53. The number of H-pyrrole nitrogens is 1. The van der Waals surface area contributed by atoms with Crippen LogP contribution in [0.2, 0.25) is 0 Å². The summed E-state index contributed by atoms with van der Waals surface area (Å²) >= 11 is 0. The fraction of sp³-hybridized carbons (Fsp3) is 0.200. The van der Waals surface area contributed by atoms with Crippen LogP contribution in [-0.4, -0.2) is 14.5 Å². The molecule has 3 rings (SSSR count). The maximum absolute atomic E-state index is 12.3. The van der Waals surface area contributed by atoms with Gasteiger partial charge in [0.2, 0.25) is 0 Å². The van der Waals surface area contributed by atoms with Crippen LogP contribution in [0.15, 0.2) is 47.4 Å². The van der Waals surface area contributed by atoms with Crippen LogP contribution in [0, 0.1) is 0 Å². The molecule has 0 amide bonds. The van der Waals surface area contributed by atoms with Crippen molar-refractivity contribution in [2.45, 2.75) is 19.9 Å². The summed E-state index contributed by atoms with van der Waals surface area (Å²) in [4.78, 5) is 19.8. The third-order valence-corrected chi connectivity index (χ3v) is 3.20. The third-order valence-electron chi connectivity index (χ3n) is 3.20. The lowest BCUT2D eigenvalue weighted by molar-refractivity contribution is 0.766. The Morgan fingerprint density at radius 3 is 2.74 bits per heavy atom. The number of hydrogen-bond donors (Lipinski definition) is 1. The van der Waals surface area contributed by atoms with Crippen LogP contribution in [0.3, 0.4) is 0 Å². The molecular weight excluding hydrogens is 238 g/mol. The molecule has 0 aliphatic heterocycles.